The second-order valence-corrected chi connectivity index (χ2v) is 4.37. The third kappa shape index (κ3) is 2.81. The predicted molar refractivity (Wildman–Crippen MR) is 82.5 cm³/mol. The molecule has 0 aromatic heterocycles. The average molecular weight is 289 g/mol. The van der Waals surface area contributed by atoms with Gasteiger partial charge in [0, 0.05) is 0 Å². The van der Waals surface area contributed by atoms with Gasteiger partial charge in [-0.2, -0.15) is 0 Å². The minimum Gasteiger partial charge on any atom is -0.495 e. The summed E-state index contributed by atoms with van der Waals surface area (Å²) in [7, 11) is 6.34. The van der Waals surface area contributed by atoms with Crippen LogP contribution >= 0.6 is 0 Å². The molecule has 0 saturated heterocycles. The van der Waals surface area contributed by atoms with Gasteiger partial charge in [0.1, 0.15) is 5.75 Å². The summed E-state index contributed by atoms with van der Waals surface area (Å²) in [5.74, 6) is 2.40. The Bertz CT molecular complexity index is 615. The molecule has 5 heteroatoms. The minimum absolute atomic E-state index is 0.560. The molecule has 0 heterocycles. The quantitative estimate of drug-likeness (QED) is 0.857. The number of rotatable bonds is 5. The van der Waals surface area contributed by atoms with Crippen LogP contribution in [0.4, 0.5) is 5.69 Å². The predicted octanol–water partition coefficient (Wildman–Crippen LogP) is 2.97. The molecule has 0 spiro atoms. The van der Waals surface area contributed by atoms with Gasteiger partial charge in [-0.15, -0.1) is 0 Å². The molecule has 0 fully saturated rings. The lowest BCUT2D eigenvalue weighted by Gasteiger charge is -2.15. The molecular formula is C16H19NO4. The van der Waals surface area contributed by atoms with Gasteiger partial charge in [-0.3, -0.25) is 0 Å². The van der Waals surface area contributed by atoms with Crippen molar-refractivity contribution in [3.05, 3.63) is 30.3 Å². The molecule has 0 radical (unpaired) electrons. The van der Waals surface area contributed by atoms with Gasteiger partial charge in [0.25, 0.3) is 0 Å². The molecule has 0 bridgehead atoms. The highest BCUT2D eigenvalue weighted by Gasteiger charge is 2.14. The van der Waals surface area contributed by atoms with E-state index in [1.807, 2.05) is 30.3 Å². The summed E-state index contributed by atoms with van der Waals surface area (Å²) in [6.07, 6.45) is 0. The average Bonchev–Trinajstić information content (AvgIpc) is 2.53. The van der Waals surface area contributed by atoms with Gasteiger partial charge in [0.05, 0.1) is 34.1 Å². The van der Waals surface area contributed by atoms with E-state index in [9.17, 15) is 0 Å². The first-order valence-electron chi connectivity index (χ1n) is 6.38. The van der Waals surface area contributed by atoms with Crippen LogP contribution in [-0.4, -0.2) is 28.4 Å². The normalized spacial score (nSPS) is 10.1. The van der Waals surface area contributed by atoms with Gasteiger partial charge in [0.15, 0.2) is 11.5 Å². The van der Waals surface area contributed by atoms with E-state index in [-0.39, 0.29) is 0 Å². The van der Waals surface area contributed by atoms with Crippen LogP contribution in [0.25, 0.3) is 11.1 Å². The van der Waals surface area contributed by atoms with Crippen LogP contribution in [0.2, 0.25) is 0 Å². The molecule has 0 atom stereocenters. The van der Waals surface area contributed by atoms with Gasteiger partial charge < -0.3 is 24.7 Å². The van der Waals surface area contributed by atoms with E-state index >= 15 is 0 Å². The first kappa shape index (κ1) is 14.8. The van der Waals surface area contributed by atoms with Crippen molar-refractivity contribution in [1.82, 2.24) is 0 Å². The Kier molecular flexibility index (Phi) is 4.42. The number of hydrogen-bond donors (Lipinski definition) is 1. The van der Waals surface area contributed by atoms with Crippen molar-refractivity contribution >= 4 is 5.69 Å². The van der Waals surface area contributed by atoms with Crippen molar-refractivity contribution in [3.8, 4) is 34.1 Å². The summed E-state index contributed by atoms with van der Waals surface area (Å²) < 4.78 is 21.2. The molecule has 0 amide bonds. The standard InChI is InChI=1S/C16H19NO4/c1-18-13-6-5-10(7-12(13)17)11-8-14(19-2)16(21-4)15(9-11)20-3/h5-9H,17H2,1-4H3. The molecule has 0 saturated carbocycles. The van der Waals surface area contributed by atoms with Crippen molar-refractivity contribution in [2.75, 3.05) is 34.2 Å². The first-order chi connectivity index (χ1) is 10.1. The van der Waals surface area contributed by atoms with Crippen LogP contribution in [0.5, 0.6) is 23.0 Å². The Labute approximate surface area is 124 Å². The molecule has 112 valence electrons. The molecule has 21 heavy (non-hydrogen) atoms. The highest BCUT2D eigenvalue weighted by molar-refractivity contribution is 5.75. The van der Waals surface area contributed by atoms with E-state index in [4.69, 9.17) is 24.7 Å². The number of ether oxygens (including phenoxy) is 4. The second-order valence-electron chi connectivity index (χ2n) is 4.37. The second kappa shape index (κ2) is 6.26. The molecule has 5 nitrogen and oxygen atoms in total. The zero-order valence-corrected chi connectivity index (χ0v) is 12.6. The third-order valence-corrected chi connectivity index (χ3v) is 3.23. The van der Waals surface area contributed by atoms with Gasteiger partial charge in [-0.25, -0.2) is 0 Å². The summed E-state index contributed by atoms with van der Waals surface area (Å²) in [6.45, 7) is 0. The summed E-state index contributed by atoms with van der Waals surface area (Å²) in [5, 5.41) is 0. The Morgan fingerprint density at radius 2 is 1.24 bits per heavy atom. The van der Waals surface area contributed by atoms with Crippen molar-refractivity contribution in [3.63, 3.8) is 0 Å². The lowest BCUT2D eigenvalue weighted by Crippen LogP contribution is -1.96. The summed E-state index contributed by atoms with van der Waals surface area (Å²) in [4.78, 5) is 0. The fraction of sp³-hybridized carbons (Fsp3) is 0.250. The Hall–Kier alpha value is -2.56. The Morgan fingerprint density at radius 3 is 1.67 bits per heavy atom. The monoisotopic (exact) mass is 289 g/mol. The summed E-state index contributed by atoms with van der Waals surface area (Å²) >= 11 is 0. The maximum Gasteiger partial charge on any atom is 0.203 e. The van der Waals surface area contributed by atoms with Crippen LogP contribution in [0, 0.1) is 0 Å². The van der Waals surface area contributed by atoms with Crippen molar-refractivity contribution in [2.24, 2.45) is 0 Å². The maximum absolute atomic E-state index is 5.95. The smallest absolute Gasteiger partial charge is 0.203 e. The summed E-state index contributed by atoms with van der Waals surface area (Å²) in [5.41, 5.74) is 8.38. The molecule has 0 unspecified atom stereocenters. The maximum atomic E-state index is 5.95. The van der Waals surface area contributed by atoms with E-state index in [1.165, 1.54) is 0 Å². The van der Waals surface area contributed by atoms with Gasteiger partial charge in [-0.05, 0) is 35.4 Å². The molecule has 0 aliphatic carbocycles. The fourth-order valence-corrected chi connectivity index (χ4v) is 2.16. The van der Waals surface area contributed by atoms with Gasteiger partial charge >= 0.3 is 0 Å². The number of anilines is 1. The van der Waals surface area contributed by atoms with Crippen molar-refractivity contribution in [2.45, 2.75) is 0 Å². The van der Waals surface area contributed by atoms with Crippen LogP contribution in [-0.2, 0) is 0 Å². The minimum atomic E-state index is 0.560. The highest BCUT2D eigenvalue weighted by atomic mass is 16.5. The lowest BCUT2D eigenvalue weighted by atomic mass is 10.0. The summed E-state index contributed by atoms with van der Waals surface area (Å²) in [6, 6.07) is 9.36. The number of methoxy groups -OCH3 is 4. The Morgan fingerprint density at radius 1 is 0.667 bits per heavy atom. The SMILES string of the molecule is COc1ccc(-c2cc(OC)c(OC)c(OC)c2)cc1N. The van der Waals surface area contributed by atoms with E-state index in [1.54, 1.807) is 28.4 Å². The van der Waals surface area contributed by atoms with E-state index < -0.39 is 0 Å². The Balaban J connectivity index is 2.56. The lowest BCUT2D eigenvalue weighted by molar-refractivity contribution is 0.324. The van der Waals surface area contributed by atoms with Crippen LogP contribution in [0.3, 0.4) is 0 Å². The van der Waals surface area contributed by atoms with Gasteiger partial charge in [0.2, 0.25) is 5.75 Å². The highest BCUT2D eigenvalue weighted by Crippen LogP contribution is 2.41. The molecule has 2 aromatic carbocycles. The van der Waals surface area contributed by atoms with Crippen LogP contribution in [0.15, 0.2) is 30.3 Å². The fourth-order valence-electron chi connectivity index (χ4n) is 2.16. The molecule has 2 N–H and O–H groups in total. The van der Waals surface area contributed by atoms with Crippen molar-refractivity contribution in [1.29, 1.82) is 0 Å². The number of benzene rings is 2. The zero-order valence-electron chi connectivity index (χ0n) is 12.6. The molecule has 0 aliphatic rings. The van der Waals surface area contributed by atoms with E-state index in [0.717, 1.165) is 11.1 Å². The number of nitrogens with two attached hydrogens (primary N) is 1. The topological polar surface area (TPSA) is 62.9 Å². The molecule has 0 aliphatic heterocycles. The van der Waals surface area contributed by atoms with Crippen LogP contribution in [0.1, 0.15) is 0 Å². The number of nitrogen functional groups attached to an aromatic ring is 1. The third-order valence-electron chi connectivity index (χ3n) is 3.23. The van der Waals surface area contributed by atoms with Crippen molar-refractivity contribution < 1.29 is 18.9 Å². The van der Waals surface area contributed by atoms with E-state index in [0.29, 0.717) is 28.7 Å². The molecular weight excluding hydrogens is 270 g/mol. The largest absolute Gasteiger partial charge is 0.495 e. The first-order valence-corrected chi connectivity index (χ1v) is 6.38. The number of hydrogen-bond acceptors (Lipinski definition) is 5. The zero-order chi connectivity index (χ0) is 15.4. The molecule has 2 rings (SSSR count). The van der Waals surface area contributed by atoms with Gasteiger partial charge in [-0.1, -0.05) is 6.07 Å². The molecule has 2 aromatic rings. The van der Waals surface area contributed by atoms with E-state index in [2.05, 4.69) is 0 Å². The van der Waals surface area contributed by atoms with Crippen LogP contribution < -0.4 is 24.7 Å².